The zero-order chi connectivity index (χ0) is 9.97. The van der Waals surface area contributed by atoms with Crippen molar-refractivity contribution in [3.8, 4) is 11.3 Å². The molecule has 0 fully saturated rings. The first-order valence-corrected chi connectivity index (χ1v) is 5.10. The predicted molar refractivity (Wildman–Crippen MR) is 59.9 cm³/mol. The van der Waals surface area contributed by atoms with E-state index in [4.69, 9.17) is 0 Å². The molecule has 2 nitrogen and oxygen atoms in total. The standard InChI is InChI=1S/C11H9BrN2/c1-8-6-11(14-7-13-8)9-4-2-3-5-10(9)12/h2-7H,1H3. The second-order valence-electron chi connectivity index (χ2n) is 3.02. The normalized spacial score (nSPS) is 10.1. The van der Waals surface area contributed by atoms with Crippen molar-refractivity contribution in [2.45, 2.75) is 6.92 Å². The van der Waals surface area contributed by atoms with Crippen LogP contribution in [0.4, 0.5) is 0 Å². The van der Waals surface area contributed by atoms with Crippen molar-refractivity contribution in [3.05, 3.63) is 46.8 Å². The Morgan fingerprint density at radius 2 is 1.93 bits per heavy atom. The van der Waals surface area contributed by atoms with Gasteiger partial charge in [-0.05, 0) is 19.1 Å². The van der Waals surface area contributed by atoms with Crippen molar-refractivity contribution in [2.75, 3.05) is 0 Å². The van der Waals surface area contributed by atoms with Crippen molar-refractivity contribution in [2.24, 2.45) is 0 Å². The topological polar surface area (TPSA) is 25.8 Å². The minimum absolute atomic E-state index is 0.949. The molecule has 0 radical (unpaired) electrons. The average Bonchev–Trinajstić information content (AvgIpc) is 2.18. The summed E-state index contributed by atoms with van der Waals surface area (Å²) in [6.07, 6.45) is 1.59. The average molecular weight is 249 g/mol. The summed E-state index contributed by atoms with van der Waals surface area (Å²) in [5, 5.41) is 0. The summed E-state index contributed by atoms with van der Waals surface area (Å²) >= 11 is 3.50. The van der Waals surface area contributed by atoms with Gasteiger partial charge in [0.05, 0.1) is 5.69 Å². The summed E-state index contributed by atoms with van der Waals surface area (Å²) < 4.78 is 1.05. The summed E-state index contributed by atoms with van der Waals surface area (Å²) in [6, 6.07) is 10.00. The van der Waals surface area contributed by atoms with E-state index in [0.29, 0.717) is 0 Å². The summed E-state index contributed by atoms with van der Waals surface area (Å²) in [5.74, 6) is 0. The minimum Gasteiger partial charge on any atom is -0.242 e. The predicted octanol–water partition coefficient (Wildman–Crippen LogP) is 3.21. The molecular weight excluding hydrogens is 240 g/mol. The van der Waals surface area contributed by atoms with Gasteiger partial charge >= 0.3 is 0 Å². The highest BCUT2D eigenvalue weighted by atomic mass is 79.9. The Labute approximate surface area is 91.2 Å². The number of nitrogens with zero attached hydrogens (tertiary/aromatic N) is 2. The van der Waals surface area contributed by atoms with Gasteiger partial charge in [-0.1, -0.05) is 34.1 Å². The Morgan fingerprint density at radius 1 is 1.14 bits per heavy atom. The van der Waals surface area contributed by atoms with Crippen molar-refractivity contribution in [3.63, 3.8) is 0 Å². The molecule has 3 heteroatoms. The maximum Gasteiger partial charge on any atom is 0.116 e. The van der Waals surface area contributed by atoms with Crippen LogP contribution in [0.5, 0.6) is 0 Å². The molecule has 0 unspecified atom stereocenters. The Kier molecular flexibility index (Phi) is 2.59. The minimum atomic E-state index is 0.949. The highest BCUT2D eigenvalue weighted by Gasteiger charge is 2.02. The Bertz CT molecular complexity index is 455. The highest BCUT2D eigenvalue weighted by Crippen LogP contribution is 2.25. The summed E-state index contributed by atoms with van der Waals surface area (Å²) in [4.78, 5) is 8.30. The number of hydrogen-bond donors (Lipinski definition) is 0. The van der Waals surface area contributed by atoms with E-state index in [1.54, 1.807) is 6.33 Å². The Hall–Kier alpha value is -1.22. The third-order valence-corrected chi connectivity index (χ3v) is 2.65. The maximum absolute atomic E-state index is 4.23. The smallest absolute Gasteiger partial charge is 0.116 e. The fraction of sp³-hybridized carbons (Fsp3) is 0.0909. The van der Waals surface area contributed by atoms with Gasteiger partial charge in [0.15, 0.2) is 0 Å². The van der Waals surface area contributed by atoms with Gasteiger partial charge in [0.25, 0.3) is 0 Å². The van der Waals surface area contributed by atoms with Gasteiger partial charge in [0.2, 0.25) is 0 Å². The van der Waals surface area contributed by atoms with Gasteiger partial charge in [-0.25, -0.2) is 9.97 Å². The van der Waals surface area contributed by atoms with Crippen LogP contribution in [0.25, 0.3) is 11.3 Å². The van der Waals surface area contributed by atoms with E-state index in [1.807, 2.05) is 37.3 Å². The van der Waals surface area contributed by atoms with Gasteiger partial charge in [-0.15, -0.1) is 0 Å². The molecule has 0 aliphatic heterocycles. The van der Waals surface area contributed by atoms with Crippen molar-refractivity contribution in [1.29, 1.82) is 0 Å². The van der Waals surface area contributed by atoms with Crippen molar-refractivity contribution >= 4 is 15.9 Å². The number of aryl methyl sites for hydroxylation is 1. The van der Waals surface area contributed by atoms with E-state index in [1.165, 1.54) is 0 Å². The second kappa shape index (κ2) is 3.88. The van der Waals surface area contributed by atoms with Crippen LogP contribution < -0.4 is 0 Å². The first-order valence-electron chi connectivity index (χ1n) is 4.31. The molecule has 1 heterocycles. The molecule has 0 bridgehead atoms. The zero-order valence-corrected chi connectivity index (χ0v) is 9.32. The summed E-state index contributed by atoms with van der Waals surface area (Å²) in [5.41, 5.74) is 3.02. The van der Waals surface area contributed by atoms with Crippen LogP contribution in [0, 0.1) is 6.92 Å². The molecule has 0 aliphatic carbocycles. The van der Waals surface area contributed by atoms with E-state index in [-0.39, 0.29) is 0 Å². The number of halogens is 1. The number of rotatable bonds is 1. The molecule has 0 saturated carbocycles. The van der Waals surface area contributed by atoms with Crippen molar-refractivity contribution in [1.82, 2.24) is 9.97 Å². The lowest BCUT2D eigenvalue weighted by molar-refractivity contribution is 1.10. The fourth-order valence-electron chi connectivity index (χ4n) is 1.27. The van der Waals surface area contributed by atoms with Gasteiger partial charge < -0.3 is 0 Å². The molecule has 0 spiro atoms. The first kappa shape index (κ1) is 9.34. The molecule has 1 aromatic heterocycles. The van der Waals surface area contributed by atoms with Crippen LogP contribution in [0.15, 0.2) is 41.1 Å². The SMILES string of the molecule is Cc1cc(-c2ccccc2Br)ncn1. The number of hydrogen-bond acceptors (Lipinski definition) is 2. The van der Waals surface area contributed by atoms with E-state index < -0.39 is 0 Å². The number of benzene rings is 1. The number of aromatic nitrogens is 2. The molecule has 1 aromatic carbocycles. The molecule has 0 atom stereocenters. The molecule has 0 amide bonds. The highest BCUT2D eigenvalue weighted by molar-refractivity contribution is 9.10. The summed E-state index contributed by atoms with van der Waals surface area (Å²) in [6.45, 7) is 1.96. The second-order valence-corrected chi connectivity index (χ2v) is 3.88. The van der Waals surface area contributed by atoms with Gasteiger partial charge in [-0.3, -0.25) is 0 Å². The van der Waals surface area contributed by atoms with Gasteiger partial charge in [-0.2, -0.15) is 0 Å². The van der Waals surface area contributed by atoms with E-state index in [9.17, 15) is 0 Å². The largest absolute Gasteiger partial charge is 0.242 e. The van der Waals surface area contributed by atoms with E-state index in [2.05, 4.69) is 25.9 Å². The molecule has 2 aromatic rings. The maximum atomic E-state index is 4.23. The molecule has 14 heavy (non-hydrogen) atoms. The molecule has 70 valence electrons. The van der Waals surface area contributed by atoms with E-state index >= 15 is 0 Å². The Balaban J connectivity index is 2.55. The third-order valence-electron chi connectivity index (χ3n) is 1.95. The molecule has 0 aliphatic rings. The van der Waals surface area contributed by atoms with Crippen LogP contribution in [0.1, 0.15) is 5.69 Å². The van der Waals surface area contributed by atoms with Crippen LogP contribution in [-0.4, -0.2) is 9.97 Å². The molecule has 2 rings (SSSR count). The van der Waals surface area contributed by atoms with Crippen LogP contribution in [0.3, 0.4) is 0 Å². The van der Waals surface area contributed by atoms with Crippen LogP contribution in [0.2, 0.25) is 0 Å². The lowest BCUT2D eigenvalue weighted by atomic mass is 10.1. The lowest BCUT2D eigenvalue weighted by Gasteiger charge is -2.03. The quantitative estimate of drug-likeness (QED) is 0.775. The van der Waals surface area contributed by atoms with Crippen LogP contribution in [-0.2, 0) is 0 Å². The molecular formula is C11H9BrN2. The third kappa shape index (κ3) is 1.82. The summed E-state index contributed by atoms with van der Waals surface area (Å²) in [7, 11) is 0. The van der Waals surface area contributed by atoms with Gasteiger partial charge in [0, 0.05) is 15.7 Å². The van der Waals surface area contributed by atoms with Crippen LogP contribution >= 0.6 is 15.9 Å². The molecule has 0 N–H and O–H groups in total. The first-order chi connectivity index (χ1) is 6.77. The monoisotopic (exact) mass is 248 g/mol. The van der Waals surface area contributed by atoms with Gasteiger partial charge in [0.1, 0.15) is 6.33 Å². The lowest BCUT2D eigenvalue weighted by Crippen LogP contribution is -1.88. The van der Waals surface area contributed by atoms with E-state index in [0.717, 1.165) is 21.4 Å². The van der Waals surface area contributed by atoms with Crippen molar-refractivity contribution < 1.29 is 0 Å². The molecule has 0 saturated heterocycles. The zero-order valence-electron chi connectivity index (χ0n) is 7.74. The fourth-order valence-corrected chi connectivity index (χ4v) is 1.76. The Morgan fingerprint density at radius 3 is 2.64 bits per heavy atom.